The highest BCUT2D eigenvalue weighted by Crippen LogP contribution is 2.15. The third-order valence-electron chi connectivity index (χ3n) is 10.2. The van der Waals surface area contributed by atoms with Gasteiger partial charge in [-0.05, 0) is 86.3 Å². The molecule has 2 aromatic rings. The molecule has 0 fully saturated rings. The highest BCUT2D eigenvalue weighted by molar-refractivity contribution is 5.97. The van der Waals surface area contributed by atoms with Crippen molar-refractivity contribution in [3.8, 4) is 11.5 Å². The number of nitrogens with zero attached hydrogens (tertiary/aromatic N) is 3. The van der Waals surface area contributed by atoms with Crippen LogP contribution in [0, 0.1) is 5.92 Å². The first-order valence-corrected chi connectivity index (χ1v) is 22.3. The molecule has 0 aromatic heterocycles. The molecular weight excluding hydrogens is 897 g/mol. The predicted octanol–water partition coefficient (Wildman–Crippen LogP) is -3.50. The van der Waals surface area contributed by atoms with Crippen molar-refractivity contribution >= 4 is 59.2 Å². The van der Waals surface area contributed by atoms with Gasteiger partial charge < -0.3 is 82.2 Å². The molecule has 0 radical (unpaired) electrons. The smallest absolute Gasteiger partial charge is 0.243 e. The van der Waals surface area contributed by atoms with E-state index in [1.807, 2.05) is 0 Å². The molecule has 25 nitrogen and oxygen atoms in total. The molecule has 2 rings (SSSR count). The van der Waals surface area contributed by atoms with Gasteiger partial charge in [0, 0.05) is 39.4 Å². The summed E-state index contributed by atoms with van der Waals surface area (Å²) in [5.74, 6) is -6.11. The van der Waals surface area contributed by atoms with Crippen molar-refractivity contribution in [2.45, 2.75) is 115 Å². The van der Waals surface area contributed by atoms with Crippen LogP contribution in [-0.4, -0.2) is 125 Å². The molecule has 0 bridgehead atoms. The van der Waals surface area contributed by atoms with Gasteiger partial charge in [0.05, 0.1) is 0 Å². The van der Waals surface area contributed by atoms with Gasteiger partial charge in [-0.1, -0.05) is 38.1 Å². The maximum absolute atomic E-state index is 14.3. The van der Waals surface area contributed by atoms with E-state index >= 15 is 0 Å². The molecule has 7 amide bonds. The number of benzene rings is 2. The molecule has 0 heterocycles. The van der Waals surface area contributed by atoms with E-state index in [0.29, 0.717) is 11.1 Å². The summed E-state index contributed by atoms with van der Waals surface area (Å²) in [7, 11) is 0. The van der Waals surface area contributed by atoms with E-state index in [1.165, 1.54) is 43.3 Å². The number of hydrogen-bond donors (Lipinski definition) is 15. The molecular formula is C44H70N16O9. The lowest BCUT2D eigenvalue weighted by Crippen LogP contribution is -2.60. The summed E-state index contributed by atoms with van der Waals surface area (Å²) in [6.45, 7) is 5.11. The molecule has 0 saturated carbocycles. The minimum atomic E-state index is -1.35. The maximum atomic E-state index is 14.3. The SMILES string of the molecule is CC(=O)N[C@@H](CCCN=C(N)N)C(=O)N[C@@H](Cc1ccc(O)cc1)C(=O)N[C@@H](CCCN=C(N)N)C(=O)N[C@@H](CC(C)C)C(=O)N[C@@H](CCCN=C(N)N)C(=O)N[C@@H](Cc1ccc(O)cc1)C(N)=O. The Morgan fingerprint density at radius 1 is 0.464 bits per heavy atom. The number of aliphatic imine (C=N–C) groups is 3. The number of aromatic hydroxyl groups is 2. The standard InChI is InChI=1S/C44H70N16O9/c1-24(2)21-34(40(68)56-31(8-5-19-53-43(48)49)38(66)58-33(36(45)64)22-26-10-14-28(62)15-11-26)59-39(67)32(9-6-20-54-44(50)51)57-41(69)35(23-27-12-16-29(63)17-13-27)60-37(65)30(55-25(3)61)7-4-18-52-42(46)47/h10-17,24,30-35,62-63H,4-9,18-23H2,1-3H3,(H2,45,64)(H,55,61)(H,56,68)(H,57,69)(H,58,66)(H,59,67)(H,60,65)(H4,46,47,52)(H4,48,49,53)(H4,50,51,54)/t30-,31-,32-,33-,34-,35-/m0/s1. The van der Waals surface area contributed by atoms with Crippen LogP contribution < -0.4 is 72.0 Å². The van der Waals surface area contributed by atoms with Crippen LogP contribution in [0.15, 0.2) is 63.5 Å². The summed E-state index contributed by atoms with van der Waals surface area (Å²) in [5, 5.41) is 35.5. The fourth-order valence-electron chi connectivity index (χ4n) is 6.79. The fourth-order valence-corrected chi connectivity index (χ4v) is 6.79. The lowest BCUT2D eigenvalue weighted by Gasteiger charge is -2.28. The number of rotatable bonds is 30. The Morgan fingerprint density at radius 3 is 1.12 bits per heavy atom. The summed E-state index contributed by atoms with van der Waals surface area (Å²) in [4.78, 5) is 107. The largest absolute Gasteiger partial charge is 0.508 e. The van der Waals surface area contributed by atoms with Crippen LogP contribution in [0.2, 0.25) is 0 Å². The summed E-state index contributed by atoms with van der Waals surface area (Å²) in [6, 6.07) is 4.18. The minimum Gasteiger partial charge on any atom is -0.508 e. The fraction of sp³-hybridized carbons (Fsp3) is 0.500. The van der Waals surface area contributed by atoms with Crippen molar-refractivity contribution in [3.63, 3.8) is 0 Å². The van der Waals surface area contributed by atoms with Gasteiger partial charge >= 0.3 is 0 Å². The number of carbonyl (C=O) groups excluding carboxylic acids is 7. The van der Waals surface area contributed by atoms with Crippen molar-refractivity contribution in [2.24, 2.45) is 61.0 Å². The van der Waals surface area contributed by atoms with Gasteiger partial charge in [-0.15, -0.1) is 0 Å². The molecule has 2 aromatic carbocycles. The number of guanidine groups is 3. The van der Waals surface area contributed by atoms with Gasteiger partial charge in [0.2, 0.25) is 41.4 Å². The summed E-state index contributed by atoms with van der Waals surface area (Å²) < 4.78 is 0. The van der Waals surface area contributed by atoms with Gasteiger partial charge in [-0.25, -0.2) is 0 Å². The van der Waals surface area contributed by atoms with E-state index in [-0.39, 0.29) is 113 Å². The van der Waals surface area contributed by atoms with Crippen molar-refractivity contribution in [1.82, 2.24) is 31.9 Å². The van der Waals surface area contributed by atoms with Crippen molar-refractivity contribution in [1.29, 1.82) is 0 Å². The topological polar surface area (TPSA) is 451 Å². The first-order valence-electron chi connectivity index (χ1n) is 22.3. The second kappa shape index (κ2) is 29.7. The monoisotopic (exact) mass is 967 g/mol. The van der Waals surface area contributed by atoms with Crippen LogP contribution in [0.4, 0.5) is 0 Å². The Hall–Kier alpha value is -7.86. The van der Waals surface area contributed by atoms with E-state index in [2.05, 4.69) is 46.9 Å². The third kappa shape index (κ3) is 23.4. The van der Waals surface area contributed by atoms with Crippen LogP contribution in [-0.2, 0) is 46.4 Å². The molecule has 25 heteroatoms. The van der Waals surface area contributed by atoms with Crippen LogP contribution in [0.3, 0.4) is 0 Å². The Kier molecular flexibility index (Phi) is 24.7. The lowest BCUT2D eigenvalue weighted by atomic mass is 10.00. The molecule has 380 valence electrons. The zero-order chi connectivity index (χ0) is 51.6. The van der Waals surface area contributed by atoms with Crippen LogP contribution >= 0.6 is 0 Å². The van der Waals surface area contributed by atoms with E-state index in [4.69, 9.17) is 40.1 Å². The number of amides is 7. The molecule has 0 unspecified atom stereocenters. The minimum absolute atomic E-state index is 0.00889. The van der Waals surface area contributed by atoms with Crippen molar-refractivity contribution in [3.05, 3.63) is 59.7 Å². The highest BCUT2D eigenvalue weighted by Gasteiger charge is 2.33. The molecule has 0 aliphatic heterocycles. The lowest BCUT2D eigenvalue weighted by molar-refractivity contribution is -0.135. The van der Waals surface area contributed by atoms with E-state index in [9.17, 15) is 43.8 Å². The molecule has 22 N–H and O–H groups in total. The average Bonchev–Trinajstić information content (AvgIpc) is 3.26. The van der Waals surface area contributed by atoms with Crippen LogP contribution in [0.5, 0.6) is 11.5 Å². The number of nitrogens with two attached hydrogens (primary N) is 7. The van der Waals surface area contributed by atoms with E-state index in [1.54, 1.807) is 26.0 Å². The van der Waals surface area contributed by atoms with Gasteiger partial charge in [-0.2, -0.15) is 0 Å². The summed E-state index contributed by atoms with van der Waals surface area (Å²) in [6.07, 6.45) is 0.565. The van der Waals surface area contributed by atoms with Crippen LogP contribution in [0.1, 0.15) is 76.8 Å². The number of hydrogen-bond acceptors (Lipinski definition) is 12. The average molecular weight is 967 g/mol. The Balaban J connectivity index is 2.48. The normalized spacial score (nSPS) is 13.4. The molecule has 0 saturated heterocycles. The second-order valence-corrected chi connectivity index (χ2v) is 16.7. The number of primary amides is 1. The molecule has 6 atom stereocenters. The zero-order valence-corrected chi connectivity index (χ0v) is 39.3. The zero-order valence-electron chi connectivity index (χ0n) is 39.3. The maximum Gasteiger partial charge on any atom is 0.243 e. The van der Waals surface area contributed by atoms with E-state index < -0.39 is 77.6 Å². The first-order chi connectivity index (χ1) is 32.5. The molecule has 0 spiro atoms. The van der Waals surface area contributed by atoms with Crippen LogP contribution in [0.25, 0.3) is 0 Å². The van der Waals surface area contributed by atoms with Gasteiger partial charge in [0.1, 0.15) is 47.8 Å². The number of carbonyl (C=O) groups is 7. The van der Waals surface area contributed by atoms with Gasteiger partial charge in [0.25, 0.3) is 0 Å². The van der Waals surface area contributed by atoms with Gasteiger partial charge in [-0.3, -0.25) is 48.5 Å². The Labute approximate surface area is 400 Å². The Bertz CT molecular complexity index is 2100. The summed E-state index contributed by atoms with van der Waals surface area (Å²) >= 11 is 0. The highest BCUT2D eigenvalue weighted by atomic mass is 16.3. The molecule has 69 heavy (non-hydrogen) atoms. The van der Waals surface area contributed by atoms with Crippen molar-refractivity contribution in [2.75, 3.05) is 19.6 Å². The second-order valence-electron chi connectivity index (χ2n) is 16.7. The predicted molar refractivity (Wildman–Crippen MR) is 259 cm³/mol. The molecule has 0 aliphatic carbocycles. The molecule has 0 aliphatic rings. The third-order valence-corrected chi connectivity index (χ3v) is 10.2. The Morgan fingerprint density at radius 2 is 0.768 bits per heavy atom. The number of phenols is 2. The number of nitrogens with one attached hydrogen (secondary N) is 6. The van der Waals surface area contributed by atoms with E-state index in [0.717, 1.165) is 0 Å². The summed E-state index contributed by atoms with van der Waals surface area (Å²) in [5.41, 5.74) is 39.6. The number of phenolic OH excluding ortho intramolecular Hbond substituents is 2. The van der Waals surface area contributed by atoms with Crippen molar-refractivity contribution < 1.29 is 43.8 Å². The quantitative estimate of drug-likeness (QED) is 0.0205. The van der Waals surface area contributed by atoms with Gasteiger partial charge in [0.15, 0.2) is 17.9 Å². The first kappa shape index (κ1) is 57.3.